The molecule has 2 aromatic heterocycles. The molecule has 0 aliphatic heterocycles. The number of rotatable bonds is 2. The van der Waals surface area contributed by atoms with Crippen LogP contribution in [0.25, 0.3) is 0 Å². The Morgan fingerprint density at radius 2 is 2.27 bits per heavy atom. The van der Waals surface area contributed by atoms with E-state index in [1.165, 1.54) is 6.20 Å². The molecule has 0 bridgehead atoms. The molecule has 6 heteroatoms. The van der Waals surface area contributed by atoms with E-state index >= 15 is 0 Å². The summed E-state index contributed by atoms with van der Waals surface area (Å²) in [4.78, 5) is 11.7. The molecule has 0 saturated carbocycles. The highest BCUT2D eigenvalue weighted by Gasteiger charge is 2.14. The van der Waals surface area contributed by atoms with E-state index in [1.54, 1.807) is 13.1 Å². The molecule has 15 heavy (non-hydrogen) atoms. The van der Waals surface area contributed by atoms with Crippen LogP contribution in [0.15, 0.2) is 16.9 Å². The molecule has 0 saturated heterocycles. The van der Waals surface area contributed by atoms with Crippen molar-refractivity contribution < 1.29 is 9.32 Å². The molecule has 0 spiro atoms. The van der Waals surface area contributed by atoms with Crippen molar-refractivity contribution in [3.63, 3.8) is 0 Å². The molecule has 0 fully saturated rings. The van der Waals surface area contributed by atoms with Gasteiger partial charge in [0.1, 0.15) is 17.1 Å². The summed E-state index contributed by atoms with van der Waals surface area (Å²) in [7, 11) is 0. The monoisotopic (exact) mass is 206 g/mol. The summed E-state index contributed by atoms with van der Waals surface area (Å²) >= 11 is 0. The average Bonchev–Trinajstić information content (AvgIpc) is 2.76. The molecule has 0 radical (unpaired) electrons. The number of hydrogen-bond acceptors (Lipinski definition) is 4. The van der Waals surface area contributed by atoms with Crippen molar-refractivity contribution in [1.82, 2.24) is 15.4 Å². The predicted octanol–water partition coefficient (Wildman–Crippen LogP) is 1.27. The Kier molecular flexibility index (Phi) is 2.24. The maximum Gasteiger partial charge on any atom is 0.262 e. The maximum atomic E-state index is 11.7. The van der Waals surface area contributed by atoms with Crippen molar-refractivity contribution in [3.05, 3.63) is 29.3 Å². The number of aryl methyl sites for hydroxylation is 2. The zero-order valence-electron chi connectivity index (χ0n) is 8.37. The molecule has 0 atom stereocenters. The number of carbonyl (C=O) groups excluding carboxylic acids is 1. The van der Waals surface area contributed by atoms with Crippen LogP contribution in [0.5, 0.6) is 0 Å². The first-order valence-electron chi connectivity index (χ1n) is 4.41. The fourth-order valence-corrected chi connectivity index (χ4v) is 1.17. The molecule has 2 aromatic rings. The molecular weight excluding hydrogens is 196 g/mol. The van der Waals surface area contributed by atoms with E-state index < -0.39 is 0 Å². The first-order chi connectivity index (χ1) is 7.18. The summed E-state index contributed by atoms with van der Waals surface area (Å²) in [5, 5.41) is 12.7. The topological polar surface area (TPSA) is 83.8 Å². The lowest BCUT2D eigenvalue weighted by Gasteiger charge is -2.01. The minimum atomic E-state index is -0.263. The van der Waals surface area contributed by atoms with Crippen molar-refractivity contribution in [1.29, 1.82) is 0 Å². The van der Waals surface area contributed by atoms with E-state index in [2.05, 4.69) is 20.7 Å². The maximum absolute atomic E-state index is 11.7. The van der Waals surface area contributed by atoms with Crippen LogP contribution in [0.4, 0.5) is 5.82 Å². The van der Waals surface area contributed by atoms with Gasteiger partial charge in [0.15, 0.2) is 0 Å². The molecule has 0 aliphatic carbocycles. The number of aromatic nitrogens is 3. The number of amides is 1. The lowest BCUT2D eigenvalue weighted by molar-refractivity contribution is 0.102. The third-order valence-corrected chi connectivity index (χ3v) is 2.06. The Morgan fingerprint density at radius 1 is 1.47 bits per heavy atom. The first-order valence-corrected chi connectivity index (χ1v) is 4.41. The van der Waals surface area contributed by atoms with Crippen LogP contribution in [0, 0.1) is 13.8 Å². The highest BCUT2D eigenvalue weighted by Crippen LogP contribution is 2.12. The molecule has 2 N–H and O–H groups in total. The van der Waals surface area contributed by atoms with E-state index in [0.29, 0.717) is 17.1 Å². The van der Waals surface area contributed by atoms with E-state index in [1.807, 2.05) is 6.92 Å². The zero-order valence-corrected chi connectivity index (χ0v) is 8.37. The van der Waals surface area contributed by atoms with Crippen LogP contribution in [-0.2, 0) is 0 Å². The van der Waals surface area contributed by atoms with Gasteiger partial charge < -0.3 is 9.84 Å². The fraction of sp³-hybridized carbons (Fsp3) is 0.222. The summed E-state index contributed by atoms with van der Waals surface area (Å²) in [6.45, 7) is 3.53. The van der Waals surface area contributed by atoms with Gasteiger partial charge in [0.25, 0.3) is 5.91 Å². The Morgan fingerprint density at radius 3 is 2.80 bits per heavy atom. The van der Waals surface area contributed by atoms with Crippen LogP contribution in [0.3, 0.4) is 0 Å². The van der Waals surface area contributed by atoms with E-state index in [9.17, 15) is 4.79 Å². The lowest BCUT2D eigenvalue weighted by atomic mass is 10.2. The van der Waals surface area contributed by atoms with Crippen LogP contribution < -0.4 is 5.32 Å². The number of aromatic amines is 1. The third-order valence-electron chi connectivity index (χ3n) is 2.06. The van der Waals surface area contributed by atoms with Crippen molar-refractivity contribution in [2.75, 3.05) is 5.32 Å². The van der Waals surface area contributed by atoms with Gasteiger partial charge in [-0.1, -0.05) is 5.16 Å². The van der Waals surface area contributed by atoms with Crippen molar-refractivity contribution in [2.45, 2.75) is 13.8 Å². The Hall–Kier alpha value is -2.11. The fourth-order valence-electron chi connectivity index (χ4n) is 1.17. The standard InChI is InChI=1S/C9H10N4O2/c1-5-3-10-13-8(5)12-9(14)7-4-11-15-6(7)2/h3-4H,1-2H3,(H2,10,12,13,14). The van der Waals surface area contributed by atoms with E-state index in [4.69, 9.17) is 4.52 Å². The normalized spacial score (nSPS) is 10.3. The zero-order chi connectivity index (χ0) is 10.8. The quantitative estimate of drug-likeness (QED) is 0.774. The number of H-pyrrole nitrogens is 1. The average molecular weight is 206 g/mol. The van der Waals surface area contributed by atoms with Gasteiger partial charge in [0.2, 0.25) is 0 Å². The van der Waals surface area contributed by atoms with Gasteiger partial charge in [-0.05, 0) is 13.8 Å². The molecule has 78 valence electrons. The van der Waals surface area contributed by atoms with Crippen LogP contribution in [-0.4, -0.2) is 21.3 Å². The minimum absolute atomic E-state index is 0.263. The van der Waals surface area contributed by atoms with Crippen molar-refractivity contribution in [2.24, 2.45) is 0 Å². The van der Waals surface area contributed by atoms with Gasteiger partial charge >= 0.3 is 0 Å². The molecule has 1 amide bonds. The third kappa shape index (κ3) is 1.74. The van der Waals surface area contributed by atoms with Crippen LogP contribution in [0.2, 0.25) is 0 Å². The summed E-state index contributed by atoms with van der Waals surface area (Å²) in [5.74, 6) is 0.811. The largest absolute Gasteiger partial charge is 0.361 e. The Labute approximate surface area is 85.7 Å². The van der Waals surface area contributed by atoms with Gasteiger partial charge in [-0.25, -0.2) is 0 Å². The number of nitrogens with one attached hydrogen (secondary N) is 2. The highest BCUT2D eigenvalue weighted by molar-refractivity contribution is 6.04. The van der Waals surface area contributed by atoms with Gasteiger partial charge in [-0.3, -0.25) is 9.89 Å². The van der Waals surface area contributed by atoms with Crippen LogP contribution >= 0.6 is 0 Å². The minimum Gasteiger partial charge on any atom is -0.361 e. The van der Waals surface area contributed by atoms with Crippen molar-refractivity contribution in [3.8, 4) is 0 Å². The summed E-state index contributed by atoms with van der Waals surface area (Å²) in [5.41, 5.74) is 1.29. The predicted molar refractivity (Wildman–Crippen MR) is 52.5 cm³/mol. The van der Waals surface area contributed by atoms with Crippen LogP contribution in [0.1, 0.15) is 21.7 Å². The molecular formula is C9H10N4O2. The number of carbonyl (C=O) groups is 1. The number of anilines is 1. The van der Waals surface area contributed by atoms with E-state index in [0.717, 1.165) is 5.56 Å². The first kappa shape index (κ1) is 9.45. The summed E-state index contributed by atoms with van der Waals surface area (Å²) in [6.07, 6.45) is 3.02. The number of nitrogens with zero attached hydrogens (tertiary/aromatic N) is 2. The number of hydrogen-bond donors (Lipinski definition) is 2. The van der Waals surface area contributed by atoms with Gasteiger partial charge in [-0.15, -0.1) is 0 Å². The van der Waals surface area contributed by atoms with Gasteiger partial charge in [-0.2, -0.15) is 5.10 Å². The van der Waals surface area contributed by atoms with Gasteiger partial charge in [0, 0.05) is 5.56 Å². The van der Waals surface area contributed by atoms with Gasteiger partial charge in [0.05, 0.1) is 12.4 Å². The molecule has 2 rings (SSSR count). The SMILES string of the molecule is Cc1cn[nH]c1NC(=O)c1cnoc1C. The van der Waals surface area contributed by atoms with E-state index in [-0.39, 0.29) is 5.91 Å². The van der Waals surface area contributed by atoms with Crippen molar-refractivity contribution >= 4 is 11.7 Å². The Balaban J connectivity index is 2.18. The molecule has 6 nitrogen and oxygen atoms in total. The smallest absolute Gasteiger partial charge is 0.262 e. The Bertz CT molecular complexity index is 486. The molecule has 0 unspecified atom stereocenters. The summed E-state index contributed by atoms with van der Waals surface area (Å²) in [6, 6.07) is 0. The molecule has 0 aliphatic rings. The molecule has 2 heterocycles. The lowest BCUT2D eigenvalue weighted by Crippen LogP contribution is -2.13. The summed E-state index contributed by atoms with van der Waals surface area (Å²) < 4.78 is 4.80. The second-order valence-electron chi connectivity index (χ2n) is 3.18. The highest BCUT2D eigenvalue weighted by atomic mass is 16.5. The molecule has 0 aromatic carbocycles. The second kappa shape index (κ2) is 3.56. The second-order valence-corrected chi connectivity index (χ2v) is 3.18.